The summed E-state index contributed by atoms with van der Waals surface area (Å²) in [6.45, 7) is 0. The zero-order valence-corrected chi connectivity index (χ0v) is 29.8. The molecule has 0 atom stereocenters. The van der Waals surface area contributed by atoms with Crippen molar-refractivity contribution in [2.24, 2.45) is 0 Å². The second-order valence-corrected chi connectivity index (χ2v) is 14.1. The van der Waals surface area contributed by atoms with E-state index in [2.05, 4.69) is 181 Å². The number of rotatable bonds is 6. The van der Waals surface area contributed by atoms with Gasteiger partial charge in [-0.25, -0.2) is 0 Å². The molecule has 0 aliphatic heterocycles. The molecule has 0 radical (unpaired) electrons. The van der Waals surface area contributed by atoms with E-state index in [-0.39, 0.29) is 0 Å². The van der Waals surface area contributed by atoms with E-state index in [4.69, 9.17) is 8.83 Å². The Labute approximate surface area is 317 Å². The number of anilines is 3. The summed E-state index contributed by atoms with van der Waals surface area (Å²) in [6.07, 6.45) is 0. The van der Waals surface area contributed by atoms with E-state index >= 15 is 0 Å². The Morgan fingerprint density at radius 2 is 0.891 bits per heavy atom. The Balaban J connectivity index is 1.07. The van der Waals surface area contributed by atoms with Gasteiger partial charge in [-0.05, 0) is 93.2 Å². The van der Waals surface area contributed by atoms with Gasteiger partial charge >= 0.3 is 0 Å². The van der Waals surface area contributed by atoms with Crippen molar-refractivity contribution in [2.45, 2.75) is 0 Å². The maximum atomic E-state index is 6.44. The van der Waals surface area contributed by atoms with E-state index in [0.717, 1.165) is 77.6 Å². The minimum Gasteiger partial charge on any atom is -0.456 e. The monoisotopic (exact) mass is 703 g/mol. The largest absolute Gasteiger partial charge is 0.456 e. The molecular formula is C52H33NO2. The summed E-state index contributed by atoms with van der Waals surface area (Å²) < 4.78 is 12.8. The standard InChI is InChI=1S/C52H33NO2/c1-2-16-40-35(12-1)13-10-20-41(40)37-15-9-14-36(32-37)34-26-28-38(29-27-34)53(39-30-31-44-43-18-4-7-23-48(43)55-51(44)33-39)47-22-6-3-17-42(47)45-21-11-25-50-52(45)46-19-5-8-24-49(46)54-50/h1-33H. The summed E-state index contributed by atoms with van der Waals surface area (Å²) in [6, 6.07) is 71.0. The number of nitrogens with zero attached hydrogens (tertiary/aromatic N) is 1. The average Bonchev–Trinajstić information content (AvgIpc) is 3.82. The van der Waals surface area contributed by atoms with Crippen LogP contribution in [0, 0.1) is 0 Å². The lowest BCUT2D eigenvalue weighted by Crippen LogP contribution is -2.11. The zero-order chi connectivity index (χ0) is 36.3. The fraction of sp³-hybridized carbons (Fsp3) is 0. The molecule has 0 N–H and O–H groups in total. The van der Waals surface area contributed by atoms with Crippen LogP contribution in [0.25, 0.3) is 88.0 Å². The highest BCUT2D eigenvalue weighted by atomic mass is 16.3. The Bertz CT molecular complexity index is 3220. The number of benzene rings is 9. The first-order chi connectivity index (χ1) is 27.3. The highest BCUT2D eigenvalue weighted by molar-refractivity contribution is 6.14. The maximum Gasteiger partial charge on any atom is 0.137 e. The van der Waals surface area contributed by atoms with Crippen LogP contribution in [0.5, 0.6) is 0 Å². The van der Waals surface area contributed by atoms with Gasteiger partial charge in [-0.3, -0.25) is 0 Å². The highest BCUT2D eigenvalue weighted by Crippen LogP contribution is 2.46. The number of hydrogen-bond donors (Lipinski definition) is 0. The van der Waals surface area contributed by atoms with Crippen LogP contribution in [0.4, 0.5) is 17.1 Å². The normalized spacial score (nSPS) is 11.6. The lowest BCUT2D eigenvalue weighted by molar-refractivity contribution is 0.668. The predicted octanol–water partition coefficient (Wildman–Crippen LogP) is 15.1. The summed E-state index contributed by atoms with van der Waals surface area (Å²) >= 11 is 0. The lowest BCUT2D eigenvalue weighted by Gasteiger charge is -2.28. The first-order valence-electron chi connectivity index (χ1n) is 18.7. The topological polar surface area (TPSA) is 29.5 Å². The van der Waals surface area contributed by atoms with Crippen LogP contribution in [-0.2, 0) is 0 Å². The maximum absolute atomic E-state index is 6.44. The van der Waals surface area contributed by atoms with Crippen LogP contribution >= 0.6 is 0 Å². The molecule has 0 aliphatic rings. The molecule has 55 heavy (non-hydrogen) atoms. The van der Waals surface area contributed by atoms with Crippen LogP contribution in [0.15, 0.2) is 209 Å². The van der Waals surface area contributed by atoms with Gasteiger partial charge < -0.3 is 13.7 Å². The van der Waals surface area contributed by atoms with Crippen molar-refractivity contribution in [3.8, 4) is 33.4 Å². The summed E-state index contributed by atoms with van der Waals surface area (Å²) in [5.41, 5.74) is 13.6. The summed E-state index contributed by atoms with van der Waals surface area (Å²) in [5.74, 6) is 0. The molecule has 0 saturated carbocycles. The fourth-order valence-corrected chi connectivity index (χ4v) is 8.32. The van der Waals surface area contributed by atoms with Crippen LogP contribution in [-0.4, -0.2) is 0 Å². The first-order valence-corrected chi connectivity index (χ1v) is 18.7. The van der Waals surface area contributed by atoms with Gasteiger partial charge in [0.2, 0.25) is 0 Å². The minimum absolute atomic E-state index is 0.853. The van der Waals surface area contributed by atoms with Crippen molar-refractivity contribution in [1.82, 2.24) is 0 Å². The Morgan fingerprint density at radius 3 is 1.78 bits per heavy atom. The molecule has 2 aromatic heterocycles. The third-order valence-corrected chi connectivity index (χ3v) is 10.9. The van der Waals surface area contributed by atoms with E-state index in [1.54, 1.807) is 0 Å². The van der Waals surface area contributed by atoms with Gasteiger partial charge in [-0.1, -0.05) is 140 Å². The second-order valence-electron chi connectivity index (χ2n) is 14.1. The van der Waals surface area contributed by atoms with Crippen LogP contribution in [0.1, 0.15) is 0 Å². The number of furan rings is 2. The molecule has 258 valence electrons. The number of para-hydroxylation sites is 3. The Morgan fingerprint density at radius 1 is 0.309 bits per heavy atom. The Hall–Kier alpha value is -7.36. The SMILES string of the molecule is c1cc(-c2ccc(N(c3ccc4c(c3)oc3ccccc34)c3ccccc3-c3cccc4oc5ccccc5c34)cc2)cc(-c2cccc3ccccc23)c1. The summed E-state index contributed by atoms with van der Waals surface area (Å²) in [7, 11) is 0. The van der Waals surface area contributed by atoms with E-state index in [0.29, 0.717) is 0 Å². The van der Waals surface area contributed by atoms with Crippen LogP contribution < -0.4 is 4.90 Å². The summed E-state index contributed by atoms with van der Waals surface area (Å²) in [5, 5.41) is 6.93. The Kier molecular flexibility index (Phi) is 7.17. The van der Waals surface area contributed by atoms with Crippen molar-refractivity contribution in [1.29, 1.82) is 0 Å². The van der Waals surface area contributed by atoms with Gasteiger partial charge in [0.1, 0.15) is 22.3 Å². The van der Waals surface area contributed by atoms with Crippen molar-refractivity contribution in [3.63, 3.8) is 0 Å². The van der Waals surface area contributed by atoms with Gasteiger partial charge in [-0.15, -0.1) is 0 Å². The van der Waals surface area contributed by atoms with Gasteiger partial charge in [0.05, 0.1) is 5.69 Å². The molecule has 0 bridgehead atoms. The van der Waals surface area contributed by atoms with E-state index in [9.17, 15) is 0 Å². The van der Waals surface area contributed by atoms with Gasteiger partial charge in [0.25, 0.3) is 0 Å². The molecule has 11 rings (SSSR count). The molecule has 11 aromatic rings. The summed E-state index contributed by atoms with van der Waals surface area (Å²) in [4.78, 5) is 2.35. The molecule has 0 saturated heterocycles. The molecule has 2 heterocycles. The zero-order valence-electron chi connectivity index (χ0n) is 29.8. The van der Waals surface area contributed by atoms with Crippen molar-refractivity contribution < 1.29 is 8.83 Å². The third kappa shape index (κ3) is 5.20. The lowest BCUT2D eigenvalue weighted by atomic mass is 9.95. The molecule has 0 fully saturated rings. The highest BCUT2D eigenvalue weighted by Gasteiger charge is 2.21. The first kappa shape index (κ1) is 31.2. The molecule has 3 nitrogen and oxygen atoms in total. The molecule has 3 heteroatoms. The van der Waals surface area contributed by atoms with Gasteiger partial charge in [-0.2, -0.15) is 0 Å². The van der Waals surface area contributed by atoms with Crippen molar-refractivity contribution in [3.05, 3.63) is 200 Å². The molecule has 0 amide bonds. The molecule has 9 aromatic carbocycles. The van der Waals surface area contributed by atoms with Gasteiger partial charge in [0, 0.05) is 44.5 Å². The second kappa shape index (κ2) is 12.6. The van der Waals surface area contributed by atoms with E-state index in [1.807, 2.05) is 24.3 Å². The smallest absolute Gasteiger partial charge is 0.137 e. The quantitative estimate of drug-likeness (QED) is 0.173. The van der Waals surface area contributed by atoms with Crippen LogP contribution in [0.3, 0.4) is 0 Å². The van der Waals surface area contributed by atoms with Crippen molar-refractivity contribution in [2.75, 3.05) is 4.90 Å². The molecule has 0 spiro atoms. The molecular weight excluding hydrogens is 671 g/mol. The number of fused-ring (bicyclic) bond motifs is 7. The number of hydrogen-bond acceptors (Lipinski definition) is 3. The van der Waals surface area contributed by atoms with E-state index < -0.39 is 0 Å². The average molecular weight is 704 g/mol. The van der Waals surface area contributed by atoms with Crippen LogP contribution in [0.2, 0.25) is 0 Å². The minimum atomic E-state index is 0.853. The molecule has 0 unspecified atom stereocenters. The van der Waals surface area contributed by atoms with Crippen molar-refractivity contribution >= 4 is 71.7 Å². The molecule has 0 aliphatic carbocycles. The fourth-order valence-electron chi connectivity index (χ4n) is 8.32. The van der Waals surface area contributed by atoms with E-state index in [1.165, 1.54) is 27.5 Å². The van der Waals surface area contributed by atoms with Gasteiger partial charge in [0.15, 0.2) is 0 Å². The predicted molar refractivity (Wildman–Crippen MR) is 229 cm³/mol. The third-order valence-electron chi connectivity index (χ3n) is 10.9.